The van der Waals surface area contributed by atoms with Crippen LogP contribution in [0.3, 0.4) is 0 Å². The molecule has 1 amide bonds. The van der Waals surface area contributed by atoms with Crippen molar-refractivity contribution in [2.75, 3.05) is 17.8 Å². The second kappa shape index (κ2) is 9.95. The molecule has 0 fully saturated rings. The van der Waals surface area contributed by atoms with Gasteiger partial charge in [0.25, 0.3) is 0 Å². The summed E-state index contributed by atoms with van der Waals surface area (Å²) in [5.74, 6) is 0.00708. The summed E-state index contributed by atoms with van der Waals surface area (Å²) in [5, 5.41) is 0.572. The van der Waals surface area contributed by atoms with Gasteiger partial charge in [0, 0.05) is 6.42 Å². The molecule has 0 aliphatic carbocycles. The third-order valence-electron chi connectivity index (χ3n) is 5.65. The van der Waals surface area contributed by atoms with Gasteiger partial charge >= 0.3 is 0 Å². The highest BCUT2D eigenvalue weighted by Gasteiger charge is 2.24. The predicted molar refractivity (Wildman–Crippen MR) is 136 cm³/mol. The lowest BCUT2D eigenvalue weighted by Gasteiger charge is -2.20. The number of thiazole rings is 1. The number of nitrogens with zero attached hydrogens (tertiary/aromatic N) is 2. The van der Waals surface area contributed by atoms with E-state index in [0.717, 1.165) is 26.9 Å². The van der Waals surface area contributed by atoms with E-state index in [1.807, 2.05) is 56.3 Å². The van der Waals surface area contributed by atoms with Gasteiger partial charge in [0.1, 0.15) is 5.75 Å². The second-order valence-electron chi connectivity index (χ2n) is 8.08. The van der Waals surface area contributed by atoms with Crippen molar-refractivity contribution >= 4 is 42.4 Å². The number of rotatable bonds is 8. The first-order valence-corrected chi connectivity index (χ1v) is 13.3. The minimum absolute atomic E-state index is 0.144. The molecule has 0 aliphatic rings. The van der Waals surface area contributed by atoms with Crippen LogP contribution < -0.4 is 9.64 Å². The Morgan fingerprint density at radius 3 is 2.29 bits per heavy atom. The highest BCUT2D eigenvalue weighted by molar-refractivity contribution is 7.91. The van der Waals surface area contributed by atoms with Gasteiger partial charge in [0.05, 0.1) is 34.5 Å². The molecular weight excluding hydrogens is 468 g/mol. The summed E-state index contributed by atoms with van der Waals surface area (Å²) in [6.45, 7) is 4.34. The van der Waals surface area contributed by atoms with Crippen LogP contribution >= 0.6 is 11.3 Å². The summed E-state index contributed by atoms with van der Waals surface area (Å²) in [6.07, 6.45) is -0.144. The molecule has 4 rings (SSSR count). The second-order valence-corrected chi connectivity index (χ2v) is 11.2. The number of aryl methyl sites for hydroxylation is 2. The van der Waals surface area contributed by atoms with E-state index in [4.69, 9.17) is 9.72 Å². The van der Waals surface area contributed by atoms with Crippen molar-refractivity contribution in [1.29, 1.82) is 0 Å². The summed E-state index contributed by atoms with van der Waals surface area (Å²) in [5.41, 5.74) is 3.95. The van der Waals surface area contributed by atoms with Gasteiger partial charge in [-0.1, -0.05) is 53.8 Å². The van der Waals surface area contributed by atoms with Crippen molar-refractivity contribution in [3.8, 4) is 5.75 Å². The zero-order valence-electron chi connectivity index (χ0n) is 19.3. The topological polar surface area (TPSA) is 76.6 Å². The van der Waals surface area contributed by atoms with Crippen LogP contribution in [0.5, 0.6) is 5.75 Å². The lowest BCUT2D eigenvalue weighted by molar-refractivity contribution is -0.118. The van der Waals surface area contributed by atoms with Crippen LogP contribution in [0, 0.1) is 13.8 Å². The average molecular weight is 495 g/mol. The summed E-state index contributed by atoms with van der Waals surface area (Å²) >= 11 is 1.46. The first-order chi connectivity index (χ1) is 16.3. The molecule has 0 saturated carbocycles. The van der Waals surface area contributed by atoms with Crippen molar-refractivity contribution in [1.82, 2.24) is 4.98 Å². The van der Waals surface area contributed by atoms with Gasteiger partial charge in [-0.25, -0.2) is 13.4 Å². The van der Waals surface area contributed by atoms with Crippen LogP contribution in [0.1, 0.15) is 23.1 Å². The van der Waals surface area contributed by atoms with E-state index >= 15 is 0 Å². The molecule has 0 N–H and O–H groups in total. The zero-order valence-corrected chi connectivity index (χ0v) is 20.9. The monoisotopic (exact) mass is 494 g/mol. The largest absolute Gasteiger partial charge is 0.497 e. The summed E-state index contributed by atoms with van der Waals surface area (Å²) in [7, 11) is -2.10. The zero-order chi connectivity index (χ0) is 24.3. The molecule has 0 atom stereocenters. The predicted octanol–water partition coefficient (Wildman–Crippen LogP) is 5.32. The van der Waals surface area contributed by atoms with Gasteiger partial charge < -0.3 is 4.74 Å². The van der Waals surface area contributed by atoms with Crippen molar-refractivity contribution in [2.24, 2.45) is 0 Å². The van der Waals surface area contributed by atoms with Crippen molar-refractivity contribution in [3.05, 3.63) is 83.4 Å². The number of hydrogen-bond acceptors (Lipinski definition) is 6. The lowest BCUT2D eigenvalue weighted by Crippen LogP contribution is -2.31. The van der Waals surface area contributed by atoms with Crippen LogP contribution in [-0.2, 0) is 21.2 Å². The van der Waals surface area contributed by atoms with Gasteiger partial charge in [-0.15, -0.1) is 0 Å². The number of anilines is 1. The summed E-state index contributed by atoms with van der Waals surface area (Å²) in [4.78, 5) is 19.9. The standard InChI is InChI=1S/C26H26N2O4S2/c1-18-9-10-19(2)25-24(18)27-26(33-25)28(17-20-7-5-4-6-8-20)23(29)15-16-34(30,31)22-13-11-21(32-3)12-14-22/h4-14H,15-17H2,1-3H3. The average Bonchev–Trinajstić information content (AvgIpc) is 3.31. The van der Waals surface area contributed by atoms with Crippen LogP contribution in [0.2, 0.25) is 0 Å². The van der Waals surface area contributed by atoms with Crippen molar-refractivity contribution in [3.63, 3.8) is 0 Å². The Morgan fingerprint density at radius 2 is 1.65 bits per heavy atom. The normalized spacial score (nSPS) is 11.5. The number of amides is 1. The molecule has 6 nitrogen and oxygen atoms in total. The molecule has 0 saturated heterocycles. The Morgan fingerprint density at radius 1 is 0.971 bits per heavy atom. The van der Waals surface area contributed by atoms with Gasteiger partial charge in [-0.3, -0.25) is 9.69 Å². The molecule has 34 heavy (non-hydrogen) atoms. The van der Waals surface area contributed by atoms with E-state index in [1.165, 1.54) is 30.6 Å². The van der Waals surface area contributed by atoms with E-state index in [0.29, 0.717) is 17.4 Å². The van der Waals surface area contributed by atoms with Gasteiger partial charge in [0.15, 0.2) is 15.0 Å². The molecule has 4 aromatic rings. The van der Waals surface area contributed by atoms with Gasteiger partial charge in [-0.05, 0) is 54.8 Å². The minimum Gasteiger partial charge on any atom is -0.497 e. The fourth-order valence-electron chi connectivity index (χ4n) is 3.65. The number of benzene rings is 3. The highest BCUT2D eigenvalue weighted by atomic mass is 32.2. The highest BCUT2D eigenvalue weighted by Crippen LogP contribution is 2.34. The number of carbonyl (C=O) groups excluding carboxylic acids is 1. The molecule has 176 valence electrons. The van der Waals surface area contributed by atoms with Crippen LogP contribution in [0.25, 0.3) is 10.2 Å². The minimum atomic E-state index is -3.63. The maximum Gasteiger partial charge on any atom is 0.230 e. The van der Waals surface area contributed by atoms with E-state index in [9.17, 15) is 13.2 Å². The molecule has 8 heteroatoms. The fourth-order valence-corrected chi connectivity index (χ4v) is 6.01. The lowest BCUT2D eigenvalue weighted by atomic mass is 10.1. The van der Waals surface area contributed by atoms with E-state index in [-0.39, 0.29) is 23.0 Å². The third-order valence-corrected chi connectivity index (χ3v) is 8.60. The Bertz CT molecular complexity index is 1370. The Labute approximate surface area is 203 Å². The summed E-state index contributed by atoms with van der Waals surface area (Å²) < 4.78 is 31.8. The van der Waals surface area contributed by atoms with Gasteiger partial charge in [-0.2, -0.15) is 0 Å². The first-order valence-electron chi connectivity index (χ1n) is 10.9. The molecule has 0 bridgehead atoms. The van der Waals surface area contributed by atoms with Crippen molar-refractivity contribution in [2.45, 2.75) is 31.7 Å². The quantitative estimate of drug-likeness (QED) is 0.331. The molecule has 0 unspecified atom stereocenters. The maximum absolute atomic E-state index is 13.4. The van der Waals surface area contributed by atoms with Crippen LogP contribution in [0.4, 0.5) is 5.13 Å². The van der Waals surface area contributed by atoms with Crippen LogP contribution in [-0.4, -0.2) is 32.2 Å². The van der Waals surface area contributed by atoms with E-state index in [1.54, 1.807) is 17.0 Å². The Hall–Kier alpha value is -3.23. The smallest absolute Gasteiger partial charge is 0.230 e. The first kappa shape index (κ1) is 23.9. The Kier molecular flexibility index (Phi) is 7.00. The van der Waals surface area contributed by atoms with Crippen LogP contribution in [0.15, 0.2) is 71.6 Å². The van der Waals surface area contributed by atoms with Gasteiger partial charge in [0.2, 0.25) is 5.91 Å². The van der Waals surface area contributed by atoms with E-state index in [2.05, 4.69) is 0 Å². The number of ether oxygens (including phenoxy) is 1. The Balaban J connectivity index is 1.61. The fraction of sp³-hybridized carbons (Fsp3) is 0.231. The number of sulfone groups is 1. The molecule has 0 spiro atoms. The molecular formula is C26H26N2O4S2. The molecule has 0 aliphatic heterocycles. The van der Waals surface area contributed by atoms with E-state index < -0.39 is 9.84 Å². The number of hydrogen-bond donors (Lipinski definition) is 0. The SMILES string of the molecule is COc1ccc(S(=O)(=O)CCC(=O)N(Cc2ccccc2)c2nc3c(C)ccc(C)c3s2)cc1. The van der Waals surface area contributed by atoms with Crippen molar-refractivity contribution < 1.29 is 17.9 Å². The molecule has 3 aromatic carbocycles. The molecule has 0 radical (unpaired) electrons. The maximum atomic E-state index is 13.4. The number of methoxy groups -OCH3 is 1. The summed E-state index contributed by atoms with van der Waals surface area (Å²) in [6, 6.07) is 19.9. The third kappa shape index (κ3) is 5.13. The number of carbonyl (C=O) groups is 1. The molecule has 1 aromatic heterocycles. The number of aromatic nitrogens is 1. The number of fused-ring (bicyclic) bond motifs is 1. The molecule has 1 heterocycles.